The Morgan fingerprint density at radius 2 is 2.12 bits per heavy atom. The number of ether oxygens (including phenoxy) is 1. The zero-order chi connectivity index (χ0) is 12.2. The van der Waals surface area contributed by atoms with Crippen molar-refractivity contribution in [3.63, 3.8) is 0 Å². The largest absolute Gasteiger partial charge is 0.480 e. The van der Waals surface area contributed by atoms with E-state index in [9.17, 15) is 8.42 Å². The summed E-state index contributed by atoms with van der Waals surface area (Å²) in [5, 5.41) is 0.271. The molecule has 6 heteroatoms. The molecule has 0 aromatic heterocycles. The number of hydrogen-bond donors (Lipinski definition) is 0. The molecule has 0 N–H and O–H groups in total. The second-order valence-corrected chi connectivity index (χ2v) is 5.72. The van der Waals surface area contributed by atoms with Gasteiger partial charge in [-0.2, -0.15) is 0 Å². The quantitative estimate of drug-likeness (QED) is 0.631. The summed E-state index contributed by atoms with van der Waals surface area (Å²) in [4.78, 5) is -0.153. The van der Waals surface area contributed by atoms with Crippen molar-refractivity contribution in [3.8, 4) is 17.6 Å². The third kappa shape index (κ3) is 3.60. The van der Waals surface area contributed by atoms with E-state index in [1.54, 1.807) is 6.92 Å². The Kier molecular flexibility index (Phi) is 4.48. The zero-order valence-electron chi connectivity index (χ0n) is 8.33. The van der Waals surface area contributed by atoms with Crippen molar-refractivity contribution in [2.45, 2.75) is 11.8 Å². The van der Waals surface area contributed by atoms with Crippen molar-refractivity contribution in [1.29, 1.82) is 0 Å². The molecule has 0 aliphatic rings. The van der Waals surface area contributed by atoms with E-state index in [0.29, 0.717) is 0 Å². The van der Waals surface area contributed by atoms with Gasteiger partial charge in [-0.05, 0) is 25.1 Å². The maximum absolute atomic E-state index is 11.2. The van der Waals surface area contributed by atoms with Gasteiger partial charge in [0, 0.05) is 15.7 Å². The lowest BCUT2D eigenvalue weighted by molar-refractivity contribution is 0.360. The number of hydrogen-bond acceptors (Lipinski definition) is 3. The van der Waals surface area contributed by atoms with Gasteiger partial charge in [-0.1, -0.05) is 17.5 Å². The molecule has 0 radical (unpaired) electrons. The van der Waals surface area contributed by atoms with Crippen LogP contribution in [0.15, 0.2) is 23.1 Å². The molecule has 0 unspecified atom stereocenters. The number of halogens is 2. The van der Waals surface area contributed by atoms with Gasteiger partial charge >= 0.3 is 0 Å². The highest BCUT2D eigenvalue weighted by Crippen LogP contribution is 2.29. The van der Waals surface area contributed by atoms with E-state index in [1.807, 2.05) is 0 Å². The highest BCUT2D eigenvalue weighted by atomic mass is 35.7. The normalized spacial score (nSPS) is 10.4. The predicted molar refractivity (Wildman–Crippen MR) is 63.4 cm³/mol. The van der Waals surface area contributed by atoms with Gasteiger partial charge in [0.15, 0.2) is 0 Å². The maximum Gasteiger partial charge on any atom is 0.265 e. The van der Waals surface area contributed by atoms with E-state index in [0.717, 1.165) is 0 Å². The summed E-state index contributed by atoms with van der Waals surface area (Å²) in [5.41, 5.74) is 0. The number of rotatable bonds is 3. The van der Waals surface area contributed by atoms with Crippen LogP contribution in [0.5, 0.6) is 5.75 Å². The van der Waals surface area contributed by atoms with Gasteiger partial charge in [0.05, 0.1) is 0 Å². The first-order valence-corrected chi connectivity index (χ1v) is 6.90. The Balaban J connectivity index is 3.12. The molecule has 0 amide bonds. The summed E-state index contributed by atoms with van der Waals surface area (Å²) < 4.78 is 27.6. The molecule has 1 aromatic carbocycles. The molecule has 1 rings (SSSR count). The third-order valence-electron chi connectivity index (χ3n) is 1.65. The molecule has 3 nitrogen and oxygen atoms in total. The van der Waals surface area contributed by atoms with Gasteiger partial charge in [0.1, 0.15) is 17.3 Å². The van der Waals surface area contributed by atoms with Crippen LogP contribution >= 0.6 is 22.3 Å². The SMILES string of the molecule is CC#CCOc1ccc(Cl)cc1S(=O)(=O)Cl. The second-order valence-electron chi connectivity index (χ2n) is 2.74. The Morgan fingerprint density at radius 3 is 2.69 bits per heavy atom. The average molecular weight is 279 g/mol. The summed E-state index contributed by atoms with van der Waals surface area (Å²) in [6.07, 6.45) is 0. The van der Waals surface area contributed by atoms with Crippen LogP contribution in [0, 0.1) is 11.8 Å². The smallest absolute Gasteiger partial charge is 0.265 e. The predicted octanol–water partition coefficient (Wildman–Crippen LogP) is 2.67. The van der Waals surface area contributed by atoms with Crippen molar-refractivity contribution in [2.24, 2.45) is 0 Å². The lowest BCUT2D eigenvalue weighted by atomic mass is 10.3. The Labute approximate surface area is 104 Å². The van der Waals surface area contributed by atoms with Crippen LogP contribution in [-0.2, 0) is 9.05 Å². The summed E-state index contributed by atoms with van der Waals surface area (Å²) >= 11 is 5.68. The summed E-state index contributed by atoms with van der Waals surface area (Å²) in [6.45, 7) is 1.75. The Bertz CT molecular complexity index is 541. The highest BCUT2D eigenvalue weighted by Gasteiger charge is 2.17. The van der Waals surface area contributed by atoms with Crippen LogP contribution < -0.4 is 4.74 Å². The molecule has 0 spiro atoms. The van der Waals surface area contributed by atoms with E-state index >= 15 is 0 Å². The van der Waals surface area contributed by atoms with Gasteiger partial charge in [-0.25, -0.2) is 8.42 Å². The summed E-state index contributed by atoms with van der Waals surface area (Å²) in [6, 6.07) is 4.19. The van der Waals surface area contributed by atoms with Crippen LogP contribution in [0.4, 0.5) is 0 Å². The van der Waals surface area contributed by atoms with Crippen molar-refractivity contribution in [3.05, 3.63) is 23.2 Å². The van der Waals surface area contributed by atoms with E-state index in [2.05, 4.69) is 11.8 Å². The minimum Gasteiger partial charge on any atom is -0.480 e. The summed E-state index contributed by atoms with van der Waals surface area (Å²) in [7, 11) is 1.37. The minimum atomic E-state index is -3.88. The molecule has 0 aliphatic carbocycles. The molecule has 0 saturated carbocycles. The molecule has 16 heavy (non-hydrogen) atoms. The van der Waals surface area contributed by atoms with Crippen LogP contribution in [0.2, 0.25) is 5.02 Å². The highest BCUT2D eigenvalue weighted by molar-refractivity contribution is 8.13. The Hall–Kier alpha value is -0.890. The standard InChI is InChI=1S/C10H8Cl2O3S/c1-2-3-6-15-9-5-4-8(11)7-10(9)16(12,13)14/h4-5,7H,6H2,1H3. The molecule has 86 valence electrons. The molecule has 0 saturated heterocycles. The molecular formula is C10H8Cl2O3S. The van der Waals surface area contributed by atoms with Crippen molar-refractivity contribution < 1.29 is 13.2 Å². The van der Waals surface area contributed by atoms with Crippen LogP contribution in [-0.4, -0.2) is 15.0 Å². The molecule has 1 aromatic rings. The van der Waals surface area contributed by atoms with Crippen LogP contribution in [0.3, 0.4) is 0 Å². The van der Waals surface area contributed by atoms with Crippen molar-refractivity contribution in [2.75, 3.05) is 6.61 Å². The lowest BCUT2D eigenvalue weighted by Crippen LogP contribution is -2.00. The van der Waals surface area contributed by atoms with E-state index < -0.39 is 9.05 Å². The zero-order valence-corrected chi connectivity index (χ0v) is 10.7. The minimum absolute atomic E-state index is 0.0948. The van der Waals surface area contributed by atoms with E-state index in [-0.39, 0.29) is 22.3 Å². The van der Waals surface area contributed by atoms with Gasteiger partial charge in [-0.3, -0.25) is 0 Å². The van der Waals surface area contributed by atoms with Gasteiger partial charge in [0.25, 0.3) is 9.05 Å². The first kappa shape index (κ1) is 13.2. The fourth-order valence-electron chi connectivity index (χ4n) is 0.978. The third-order valence-corrected chi connectivity index (χ3v) is 3.22. The number of benzene rings is 1. The second kappa shape index (κ2) is 5.44. The monoisotopic (exact) mass is 278 g/mol. The van der Waals surface area contributed by atoms with Crippen LogP contribution in [0.1, 0.15) is 6.92 Å². The van der Waals surface area contributed by atoms with E-state index in [4.69, 9.17) is 27.0 Å². The lowest BCUT2D eigenvalue weighted by Gasteiger charge is -2.07. The molecule has 0 atom stereocenters. The topological polar surface area (TPSA) is 43.4 Å². The molecule has 0 aliphatic heterocycles. The van der Waals surface area contributed by atoms with Gasteiger partial charge in [0.2, 0.25) is 0 Å². The molecule has 0 fully saturated rings. The molecule has 0 heterocycles. The van der Waals surface area contributed by atoms with Gasteiger partial charge in [-0.15, -0.1) is 5.92 Å². The summed E-state index contributed by atoms with van der Waals surface area (Å²) in [5.74, 6) is 5.41. The first-order valence-electron chi connectivity index (χ1n) is 4.22. The fourth-order valence-corrected chi connectivity index (χ4v) is 2.21. The maximum atomic E-state index is 11.2. The Morgan fingerprint density at radius 1 is 1.44 bits per heavy atom. The van der Waals surface area contributed by atoms with Crippen molar-refractivity contribution in [1.82, 2.24) is 0 Å². The average Bonchev–Trinajstić information content (AvgIpc) is 2.19. The van der Waals surface area contributed by atoms with Gasteiger partial charge < -0.3 is 4.74 Å². The van der Waals surface area contributed by atoms with Crippen molar-refractivity contribution >= 4 is 31.3 Å². The molecule has 0 bridgehead atoms. The van der Waals surface area contributed by atoms with E-state index in [1.165, 1.54) is 18.2 Å². The van der Waals surface area contributed by atoms with Crippen LogP contribution in [0.25, 0.3) is 0 Å². The fraction of sp³-hybridized carbons (Fsp3) is 0.200. The molecular weight excluding hydrogens is 271 g/mol. The first-order chi connectivity index (χ1) is 7.45.